The van der Waals surface area contributed by atoms with E-state index >= 15 is 0 Å². The molecule has 0 radical (unpaired) electrons. The van der Waals surface area contributed by atoms with E-state index in [2.05, 4.69) is 25.1 Å². The third-order valence-corrected chi connectivity index (χ3v) is 3.01. The number of benzene rings is 2. The van der Waals surface area contributed by atoms with E-state index in [1.807, 2.05) is 31.2 Å². The molecular formula is C16H19NO. The van der Waals surface area contributed by atoms with Crippen molar-refractivity contribution < 1.29 is 4.74 Å². The summed E-state index contributed by atoms with van der Waals surface area (Å²) in [5.41, 5.74) is 9.14. The fraction of sp³-hybridized carbons (Fsp3) is 0.250. The van der Waals surface area contributed by atoms with Crippen LogP contribution in [0.4, 0.5) is 0 Å². The van der Waals surface area contributed by atoms with E-state index < -0.39 is 0 Å². The van der Waals surface area contributed by atoms with Crippen LogP contribution in [0.3, 0.4) is 0 Å². The van der Waals surface area contributed by atoms with Gasteiger partial charge in [-0.1, -0.05) is 31.2 Å². The van der Waals surface area contributed by atoms with Crippen LogP contribution < -0.4 is 10.5 Å². The molecule has 0 atom stereocenters. The fourth-order valence-corrected chi connectivity index (χ4v) is 1.91. The molecule has 94 valence electrons. The molecular weight excluding hydrogens is 222 g/mol. The highest BCUT2D eigenvalue weighted by Gasteiger charge is 2.03. The molecule has 2 N–H and O–H groups in total. The van der Waals surface area contributed by atoms with E-state index in [-0.39, 0.29) is 0 Å². The molecule has 0 aliphatic carbocycles. The van der Waals surface area contributed by atoms with Gasteiger partial charge in [0.1, 0.15) is 11.5 Å². The largest absolute Gasteiger partial charge is 0.457 e. The van der Waals surface area contributed by atoms with E-state index in [0.29, 0.717) is 6.54 Å². The SMILES string of the molecule is CCc1cccc(Oc2ccc(CN)cc2C)c1. The zero-order valence-corrected chi connectivity index (χ0v) is 10.9. The Hall–Kier alpha value is -1.80. The molecule has 2 aromatic carbocycles. The van der Waals surface area contributed by atoms with Crippen molar-refractivity contribution in [3.05, 3.63) is 59.2 Å². The van der Waals surface area contributed by atoms with Gasteiger partial charge in [-0.25, -0.2) is 0 Å². The normalized spacial score (nSPS) is 10.4. The smallest absolute Gasteiger partial charge is 0.130 e. The van der Waals surface area contributed by atoms with Crippen molar-refractivity contribution in [2.45, 2.75) is 26.8 Å². The second-order valence-electron chi connectivity index (χ2n) is 4.41. The molecule has 0 aliphatic heterocycles. The lowest BCUT2D eigenvalue weighted by Gasteiger charge is -2.10. The highest BCUT2D eigenvalue weighted by Crippen LogP contribution is 2.26. The van der Waals surface area contributed by atoms with Crippen LogP contribution in [0, 0.1) is 6.92 Å². The summed E-state index contributed by atoms with van der Waals surface area (Å²) in [5.74, 6) is 1.78. The molecule has 0 aromatic heterocycles. The number of hydrogen-bond acceptors (Lipinski definition) is 2. The van der Waals surface area contributed by atoms with Gasteiger partial charge in [0, 0.05) is 6.54 Å². The van der Waals surface area contributed by atoms with Crippen LogP contribution in [0.2, 0.25) is 0 Å². The van der Waals surface area contributed by atoms with Gasteiger partial charge < -0.3 is 10.5 Å². The average molecular weight is 241 g/mol. The number of nitrogens with two attached hydrogens (primary N) is 1. The minimum absolute atomic E-state index is 0.562. The van der Waals surface area contributed by atoms with Crippen LogP contribution in [-0.4, -0.2) is 0 Å². The lowest BCUT2D eigenvalue weighted by Crippen LogP contribution is -1.97. The number of hydrogen-bond donors (Lipinski definition) is 1. The molecule has 0 spiro atoms. The Morgan fingerprint density at radius 2 is 1.89 bits per heavy atom. The van der Waals surface area contributed by atoms with Crippen molar-refractivity contribution in [1.82, 2.24) is 0 Å². The van der Waals surface area contributed by atoms with Crippen molar-refractivity contribution in [1.29, 1.82) is 0 Å². The van der Waals surface area contributed by atoms with Crippen LogP contribution in [0.15, 0.2) is 42.5 Å². The predicted octanol–water partition coefficient (Wildman–Crippen LogP) is 3.81. The summed E-state index contributed by atoms with van der Waals surface area (Å²) in [4.78, 5) is 0. The quantitative estimate of drug-likeness (QED) is 0.883. The molecule has 0 saturated carbocycles. The first-order chi connectivity index (χ1) is 8.72. The maximum Gasteiger partial charge on any atom is 0.130 e. The van der Waals surface area contributed by atoms with Gasteiger partial charge in [-0.15, -0.1) is 0 Å². The minimum Gasteiger partial charge on any atom is -0.457 e. The highest BCUT2D eigenvalue weighted by atomic mass is 16.5. The monoisotopic (exact) mass is 241 g/mol. The first kappa shape index (κ1) is 12.7. The van der Waals surface area contributed by atoms with Crippen molar-refractivity contribution >= 4 is 0 Å². The average Bonchev–Trinajstić information content (AvgIpc) is 2.41. The minimum atomic E-state index is 0.562. The summed E-state index contributed by atoms with van der Waals surface area (Å²) < 4.78 is 5.91. The number of aryl methyl sites for hydroxylation is 2. The topological polar surface area (TPSA) is 35.2 Å². The Labute approximate surface area is 108 Å². The molecule has 18 heavy (non-hydrogen) atoms. The zero-order valence-electron chi connectivity index (χ0n) is 10.9. The Kier molecular flexibility index (Phi) is 4.00. The molecule has 2 aromatic rings. The van der Waals surface area contributed by atoms with Gasteiger partial charge in [0.2, 0.25) is 0 Å². The lowest BCUT2D eigenvalue weighted by atomic mass is 10.1. The van der Waals surface area contributed by atoms with E-state index in [9.17, 15) is 0 Å². The number of ether oxygens (including phenoxy) is 1. The van der Waals surface area contributed by atoms with Gasteiger partial charge in [-0.05, 0) is 48.2 Å². The zero-order chi connectivity index (χ0) is 13.0. The molecule has 0 heterocycles. The van der Waals surface area contributed by atoms with Gasteiger partial charge in [-0.3, -0.25) is 0 Å². The first-order valence-corrected chi connectivity index (χ1v) is 6.29. The molecule has 0 amide bonds. The summed E-state index contributed by atoms with van der Waals surface area (Å²) in [6.07, 6.45) is 1.02. The third kappa shape index (κ3) is 2.90. The van der Waals surface area contributed by atoms with Gasteiger partial charge in [-0.2, -0.15) is 0 Å². The Morgan fingerprint density at radius 3 is 2.56 bits per heavy atom. The molecule has 2 rings (SSSR count). The van der Waals surface area contributed by atoms with Crippen molar-refractivity contribution in [2.75, 3.05) is 0 Å². The molecule has 0 bridgehead atoms. The lowest BCUT2D eigenvalue weighted by molar-refractivity contribution is 0.478. The van der Waals surface area contributed by atoms with E-state index in [1.54, 1.807) is 0 Å². The molecule has 0 fully saturated rings. The van der Waals surface area contributed by atoms with Gasteiger partial charge in [0.05, 0.1) is 0 Å². The van der Waals surface area contributed by atoms with Crippen LogP contribution >= 0.6 is 0 Å². The summed E-state index contributed by atoms with van der Waals surface area (Å²) in [6, 6.07) is 14.3. The standard InChI is InChI=1S/C16H19NO/c1-3-13-5-4-6-15(10-13)18-16-8-7-14(11-17)9-12(16)2/h4-10H,3,11,17H2,1-2H3. The molecule has 0 unspecified atom stereocenters. The van der Waals surface area contributed by atoms with Gasteiger partial charge in [0.15, 0.2) is 0 Å². The Balaban J connectivity index is 2.22. The van der Waals surface area contributed by atoms with Crippen LogP contribution in [0.25, 0.3) is 0 Å². The Morgan fingerprint density at radius 1 is 1.06 bits per heavy atom. The van der Waals surface area contributed by atoms with Crippen molar-refractivity contribution in [3.8, 4) is 11.5 Å². The predicted molar refractivity (Wildman–Crippen MR) is 75.0 cm³/mol. The van der Waals surface area contributed by atoms with Crippen LogP contribution in [0.5, 0.6) is 11.5 Å². The third-order valence-electron chi connectivity index (χ3n) is 3.01. The highest BCUT2D eigenvalue weighted by molar-refractivity contribution is 5.40. The fourth-order valence-electron chi connectivity index (χ4n) is 1.91. The maximum atomic E-state index is 5.91. The van der Waals surface area contributed by atoms with E-state index in [4.69, 9.17) is 10.5 Å². The Bertz CT molecular complexity index is 534. The van der Waals surface area contributed by atoms with Crippen LogP contribution in [-0.2, 0) is 13.0 Å². The van der Waals surface area contributed by atoms with Gasteiger partial charge >= 0.3 is 0 Å². The first-order valence-electron chi connectivity index (χ1n) is 6.29. The second kappa shape index (κ2) is 5.69. The summed E-state index contributed by atoms with van der Waals surface area (Å²) in [7, 11) is 0. The van der Waals surface area contributed by atoms with E-state index in [1.165, 1.54) is 5.56 Å². The molecule has 2 heteroatoms. The van der Waals surface area contributed by atoms with Crippen LogP contribution in [0.1, 0.15) is 23.6 Å². The summed E-state index contributed by atoms with van der Waals surface area (Å²) >= 11 is 0. The van der Waals surface area contributed by atoms with Gasteiger partial charge in [0.25, 0.3) is 0 Å². The van der Waals surface area contributed by atoms with Crippen molar-refractivity contribution in [3.63, 3.8) is 0 Å². The summed E-state index contributed by atoms with van der Waals surface area (Å²) in [5, 5.41) is 0. The summed E-state index contributed by atoms with van der Waals surface area (Å²) in [6.45, 7) is 4.74. The van der Waals surface area contributed by atoms with E-state index in [0.717, 1.165) is 29.0 Å². The molecule has 0 aliphatic rings. The molecule has 2 nitrogen and oxygen atoms in total. The second-order valence-corrected chi connectivity index (χ2v) is 4.41. The van der Waals surface area contributed by atoms with Crippen molar-refractivity contribution in [2.24, 2.45) is 5.73 Å². The molecule has 0 saturated heterocycles. The maximum absolute atomic E-state index is 5.91. The number of rotatable bonds is 4.